The molecule has 20 heavy (non-hydrogen) atoms. The van der Waals surface area contributed by atoms with E-state index in [1.54, 1.807) is 29.3 Å². The number of hydrazine groups is 1. The van der Waals surface area contributed by atoms with Crippen LogP contribution in [0, 0.1) is 0 Å². The Morgan fingerprint density at radius 1 is 0.850 bits per heavy atom. The third kappa shape index (κ3) is 3.50. The van der Waals surface area contributed by atoms with Gasteiger partial charge >= 0.3 is 0 Å². The molecule has 2 aromatic carbocycles. The lowest BCUT2D eigenvalue weighted by molar-refractivity contribution is 0.475. The minimum absolute atomic E-state index is 0. The van der Waals surface area contributed by atoms with Crippen LogP contribution in [0.2, 0.25) is 0 Å². The van der Waals surface area contributed by atoms with E-state index in [4.69, 9.17) is 5.84 Å². The molecular formula is C16H22N2O2. The molecule has 0 aliphatic heterocycles. The molecule has 2 rings (SSSR count). The molecule has 0 radical (unpaired) electrons. The summed E-state index contributed by atoms with van der Waals surface area (Å²) < 4.78 is 0. The van der Waals surface area contributed by atoms with Crippen molar-refractivity contribution in [1.29, 1.82) is 0 Å². The van der Waals surface area contributed by atoms with Gasteiger partial charge < -0.3 is 10.6 Å². The lowest BCUT2D eigenvalue weighted by atomic mass is 9.87. The molecule has 0 unspecified atom stereocenters. The molecule has 108 valence electrons. The molecule has 0 fully saturated rings. The molecule has 0 saturated heterocycles. The lowest BCUT2D eigenvalue weighted by Crippen LogP contribution is -2.24. The van der Waals surface area contributed by atoms with Gasteiger partial charge in [0.25, 0.3) is 0 Å². The topological polar surface area (TPSA) is 81.0 Å². The normalized spacial score (nSPS) is 10.8. The molecule has 0 aliphatic carbocycles. The summed E-state index contributed by atoms with van der Waals surface area (Å²) in [5.74, 6) is 6.31. The van der Waals surface area contributed by atoms with Crippen molar-refractivity contribution in [2.75, 3.05) is 5.01 Å². The molecule has 4 nitrogen and oxygen atoms in total. The quantitative estimate of drug-likeness (QED) is 0.652. The van der Waals surface area contributed by atoms with Crippen molar-refractivity contribution in [2.24, 2.45) is 5.84 Å². The molecule has 0 aliphatic rings. The first-order valence-corrected chi connectivity index (χ1v) is 6.32. The second-order valence-electron chi connectivity index (χ2n) is 5.68. The molecule has 5 N–H and O–H groups in total. The van der Waals surface area contributed by atoms with E-state index in [9.17, 15) is 5.11 Å². The maximum absolute atomic E-state index is 9.28. The maximum Gasteiger partial charge on any atom is 0.115 e. The fourth-order valence-electron chi connectivity index (χ4n) is 1.88. The highest BCUT2D eigenvalue weighted by Gasteiger charge is 2.13. The first-order chi connectivity index (χ1) is 8.88. The minimum atomic E-state index is 0. The van der Waals surface area contributed by atoms with E-state index < -0.39 is 0 Å². The predicted molar refractivity (Wildman–Crippen MR) is 83.2 cm³/mol. The highest BCUT2D eigenvalue weighted by molar-refractivity contribution is 5.62. The van der Waals surface area contributed by atoms with E-state index in [2.05, 4.69) is 32.9 Å². The largest absolute Gasteiger partial charge is 0.508 e. The van der Waals surface area contributed by atoms with Gasteiger partial charge in [-0.25, -0.2) is 5.84 Å². The summed E-state index contributed by atoms with van der Waals surface area (Å²) in [5, 5.41) is 10.9. The van der Waals surface area contributed by atoms with E-state index in [0.29, 0.717) is 0 Å². The second-order valence-corrected chi connectivity index (χ2v) is 5.68. The molecule has 0 atom stereocenters. The number of hydrogen-bond acceptors (Lipinski definition) is 3. The summed E-state index contributed by atoms with van der Waals surface area (Å²) in [6, 6.07) is 15.0. The number of phenolic OH excluding ortho intramolecular Hbond substituents is 1. The number of aromatic hydroxyl groups is 1. The Hall–Kier alpha value is -2.04. The third-order valence-electron chi connectivity index (χ3n) is 3.14. The Kier molecular flexibility index (Phi) is 4.76. The van der Waals surface area contributed by atoms with Crippen molar-refractivity contribution in [3.8, 4) is 5.75 Å². The highest BCUT2D eigenvalue weighted by Crippen LogP contribution is 2.27. The van der Waals surface area contributed by atoms with Crippen LogP contribution in [0.1, 0.15) is 26.3 Å². The van der Waals surface area contributed by atoms with Crippen LogP contribution in [0.15, 0.2) is 48.5 Å². The number of nitrogens with zero attached hydrogens (tertiary/aromatic N) is 1. The van der Waals surface area contributed by atoms with Gasteiger partial charge in [-0.05, 0) is 47.4 Å². The molecule has 0 aromatic heterocycles. The van der Waals surface area contributed by atoms with Gasteiger partial charge in [0.05, 0.1) is 11.4 Å². The van der Waals surface area contributed by atoms with Crippen LogP contribution in [0.3, 0.4) is 0 Å². The van der Waals surface area contributed by atoms with Crippen LogP contribution in [0.5, 0.6) is 5.75 Å². The summed E-state index contributed by atoms with van der Waals surface area (Å²) in [6.07, 6.45) is 0. The average molecular weight is 274 g/mol. The number of phenols is 1. The Balaban J connectivity index is 0.00000200. The number of hydrogen-bond donors (Lipinski definition) is 2. The molecule has 0 saturated carbocycles. The van der Waals surface area contributed by atoms with E-state index in [1.165, 1.54) is 5.56 Å². The van der Waals surface area contributed by atoms with Crippen molar-refractivity contribution in [1.82, 2.24) is 0 Å². The lowest BCUT2D eigenvalue weighted by Gasteiger charge is -2.22. The number of anilines is 2. The van der Waals surface area contributed by atoms with Crippen LogP contribution in [0.4, 0.5) is 11.4 Å². The number of rotatable bonds is 2. The summed E-state index contributed by atoms with van der Waals surface area (Å²) in [6.45, 7) is 6.55. The van der Waals surface area contributed by atoms with Crippen LogP contribution in [-0.4, -0.2) is 10.6 Å². The van der Waals surface area contributed by atoms with Gasteiger partial charge in [-0.3, -0.25) is 5.01 Å². The first-order valence-electron chi connectivity index (χ1n) is 6.32. The SMILES string of the molecule is CC(C)(C)c1ccc(N(N)c2ccc(O)cc2)cc1.O. The van der Waals surface area contributed by atoms with E-state index in [0.717, 1.165) is 11.4 Å². The summed E-state index contributed by atoms with van der Waals surface area (Å²) in [7, 11) is 0. The van der Waals surface area contributed by atoms with Crippen LogP contribution in [0.25, 0.3) is 0 Å². The van der Waals surface area contributed by atoms with Gasteiger partial charge in [0.15, 0.2) is 0 Å². The van der Waals surface area contributed by atoms with E-state index >= 15 is 0 Å². The highest BCUT2D eigenvalue weighted by atomic mass is 16.3. The van der Waals surface area contributed by atoms with Gasteiger partial charge in [-0.1, -0.05) is 32.9 Å². The third-order valence-corrected chi connectivity index (χ3v) is 3.14. The van der Waals surface area contributed by atoms with Crippen LogP contribution >= 0.6 is 0 Å². The van der Waals surface area contributed by atoms with E-state index in [-0.39, 0.29) is 16.6 Å². The van der Waals surface area contributed by atoms with Gasteiger partial charge in [0.1, 0.15) is 5.75 Å². The zero-order valence-electron chi connectivity index (χ0n) is 12.1. The molecule has 2 aromatic rings. The maximum atomic E-state index is 9.28. The van der Waals surface area contributed by atoms with E-state index in [1.807, 2.05) is 12.1 Å². The molecule has 0 spiro atoms. The monoisotopic (exact) mass is 274 g/mol. The standard InChI is InChI=1S/C16H20N2O.H2O/c1-16(2,3)12-4-6-13(7-5-12)18(17)14-8-10-15(19)11-9-14;/h4-11,19H,17H2,1-3H3;1H2. The molecule has 0 heterocycles. The van der Waals surface area contributed by atoms with Crippen molar-refractivity contribution in [3.63, 3.8) is 0 Å². The van der Waals surface area contributed by atoms with Gasteiger partial charge in [-0.2, -0.15) is 0 Å². The average Bonchev–Trinajstić information content (AvgIpc) is 2.38. The summed E-state index contributed by atoms with van der Waals surface area (Å²) in [4.78, 5) is 0. The molecular weight excluding hydrogens is 252 g/mol. The number of benzene rings is 2. The first kappa shape index (κ1) is 16.0. The Morgan fingerprint density at radius 2 is 1.25 bits per heavy atom. The van der Waals surface area contributed by atoms with Crippen LogP contribution in [-0.2, 0) is 5.41 Å². The Labute approximate surface area is 119 Å². The van der Waals surface area contributed by atoms with Crippen molar-refractivity contribution in [3.05, 3.63) is 54.1 Å². The zero-order valence-corrected chi connectivity index (χ0v) is 12.1. The Morgan fingerprint density at radius 3 is 1.65 bits per heavy atom. The minimum Gasteiger partial charge on any atom is -0.508 e. The molecule has 0 amide bonds. The van der Waals surface area contributed by atoms with Crippen molar-refractivity contribution >= 4 is 11.4 Å². The predicted octanol–water partition coefficient (Wildman–Crippen LogP) is 2.88. The van der Waals surface area contributed by atoms with Gasteiger partial charge in [-0.15, -0.1) is 0 Å². The Bertz CT molecular complexity index is 542. The van der Waals surface area contributed by atoms with Gasteiger partial charge in [0, 0.05) is 0 Å². The fraction of sp³-hybridized carbons (Fsp3) is 0.250. The summed E-state index contributed by atoms with van der Waals surface area (Å²) >= 11 is 0. The second kappa shape index (κ2) is 5.94. The molecule has 0 bridgehead atoms. The molecule has 4 heteroatoms. The number of nitrogens with two attached hydrogens (primary N) is 1. The van der Waals surface area contributed by atoms with Gasteiger partial charge in [0.2, 0.25) is 0 Å². The zero-order chi connectivity index (χ0) is 14.0. The fourth-order valence-corrected chi connectivity index (χ4v) is 1.88. The summed E-state index contributed by atoms with van der Waals surface area (Å²) in [5.41, 5.74) is 3.16. The smallest absolute Gasteiger partial charge is 0.115 e. The van der Waals surface area contributed by atoms with Crippen molar-refractivity contribution < 1.29 is 10.6 Å². The van der Waals surface area contributed by atoms with Crippen LogP contribution < -0.4 is 10.9 Å². The van der Waals surface area contributed by atoms with Crippen molar-refractivity contribution in [2.45, 2.75) is 26.2 Å².